The lowest BCUT2D eigenvalue weighted by Crippen LogP contribution is -2.26. The van der Waals surface area contributed by atoms with E-state index in [0.717, 1.165) is 39.5 Å². The lowest BCUT2D eigenvalue weighted by atomic mass is 10.0. The van der Waals surface area contributed by atoms with E-state index in [1.807, 2.05) is 39.0 Å². The minimum atomic E-state index is -0.232. The summed E-state index contributed by atoms with van der Waals surface area (Å²) in [5, 5.41) is 9.09. The maximum absolute atomic E-state index is 9.09. The highest BCUT2D eigenvalue weighted by Gasteiger charge is 2.11. The van der Waals surface area contributed by atoms with Crippen LogP contribution in [0.4, 0.5) is 0 Å². The number of methoxy groups -OCH3 is 1. The number of aliphatic hydroxyl groups excluding tert-OH is 1. The summed E-state index contributed by atoms with van der Waals surface area (Å²) in [5.41, 5.74) is 10.1. The Morgan fingerprint density at radius 2 is 1.70 bits per heavy atom. The highest BCUT2D eigenvalue weighted by atomic mass is 16.5. The molecule has 124 valence electrons. The van der Waals surface area contributed by atoms with E-state index >= 15 is 0 Å². The van der Waals surface area contributed by atoms with Crippen LogP contribution in [0.5, 0.6) is 17.2 Å². The first-order chi connectivity index (χ1) is 10.9. The molecule has 0 saturated heterocycles. The minimum Gasteiger partial charge on any atom is -0.496 e. The fourth-order valence-corrected chi connectivity index (χ4v) is 2.72. The number of ether oxygens (including phenoxy) is 2. The van der Waals surface area contributed by atoms with Gasteiger partial charge < -0.3 is 20.3 Å². The van der Waals surface area contributed by atoms with Gasteiger partial charge in [-0.1, -0.05) is 12.1 Å². The molecule has 0 radical (unpaired) electrons. The smallest absolute Gasteiger partial charge is 0.133 e. The molecule has 2 aromatic rings. The number of aryl methyl sites for hydroxylation is 3. The maximum atomic E-state index is 9.09. The molecule has 0 bridgehead atoms. The topological polar surface area (TPSA) is 64.7 Å². The molecule has 4 heteroatoms. The van der Waals surface area contributed by atoms with Crippen molar-refractivity contribution in [3.63, 3.8) is 0 Å². The van der Waals surface area contributed by atoms with Crippen LogP contribution in [0, 0.1) is 20.8 Å². The third-order valence-corrected chi connectivity index (χ3v) is 3.84. The summed E-state index contributed by atoms with van der Waals surface area (Å²) in [5.74, 6) is 2.49. The Kier molecular flexibility index (Phi) is 5.64. The van der Waals surface area contributed by atoms with Gasteiger partial charge in [-0.25, -0.2) is 0 Å². The molecule has 2 rings (SSSR count). The van der Waals surface area contributed by atoms with Gasteiger partial charge in [0.2, 0.25) is 0 Å². The molecule has 0 saturated carbocycles. The van der Waals surface area contributed by atoms with Crippen LogP contribution in [-0.4, -0.2) is 24.9 Å². The van der Waals surface area contributed by atoms with Crippen molar-refractivity contribution in [1.82, 2.24) is 0 Å². The zero-order valence-electron chi connectivity index (χ0n) is 14.2. The van der Waals surface area contributed by atoms with Crippen LogP contribution >= 0.6 is 0 Å². The monoisotopic (exact) mass is 315 g/mol. The lowest BCUT2D eigenvalue weighted by molar-refractivity contribution is 0.265. The Morgan fingerprint density at radius 1 is 1.04 bits per heavy atom. The van der Waals surface area contributed by atoms with Gasteiger partial charge in [0.15, 0.2) is 0 Å². The van der Waals surface area contributed by atoms with Gasteiger partial charge in [-0.15, -0.1) is 0 Å². The summed E-state index contributed by atoms with van der Waals surface area (Å²) in [6.07, 6.45) is 0.653. The average Bonchev–Trinajstić information content (AvgIpc) is 2.51. The molecule has 23 heavy (non-hydrogen) atoms. The van der Waals surface area contributed by atoms with Gasteiger partial charge in [-0.05, 0) is 67.6 Å². The van der Waals surface area contributed by atoms with Gasteiger partial charge in [0.25, 0.3) is 0 Å². The fourth-order valence-electron chi connectivity index (χ4n) is 2.72. The lowest BCUT2D eigenvalue weighted by Gasteiger charge is -2.16. The van der Waals surface area contributed by atoms with Crippen LogP contribution in [0.2, 0.25) is 0 Å². The molecule has 2 aromatic carbocycles. The van der Waals surface area contributed by atoms with Gasteiger partial charge in [0.05, 0.1) is 13.7 Å². The quantitative estimate of drug-likeness (QED) is 0.858. The Hall–Kier alpha value is -2.04. The molecular formula is C19H25NO3. The minimum absolute atomic E-state index is 0.0124. The van der Waals surface area contributed by atoms with Gasteiger partial charge >= 0.3 is 0 Å². The molecule has 0 aliphatic rings. The number of hydrogen-bond acceptors (Lipinski definition) is 4. The normalized spacial score (nSPS) is 12.1. The summed E-state index contributed by atoms with van der Waals surface area (Å²) in [7, 11) is 1.66. The molecule has 4 nitrogen and oxygen atoms in total. The molecule has 0 aliphatic carbocycles. The second-order valence-corrected chi connectivity index (χ2v) is 5.94. The van der Waals surface area contributed by atoms with E-state index in [9.17, 15) is 0 Å². The van der Waals surface area contributed by atoms with Gasteiger partial charge in [-0.3, -0.25) is 0 Å². The first-order valence-electron chi connectivity index (χ1n) is 7.73. The van der Waals surface area contributed by atoms with E-state index in [4.69, 9.17) is 20.3 Å². The second-order valence-electron chi connectivity index (χ2n) is 5.94. The predicted octanol–water partition coefficient (Wildman–Crippen LogP) is 3.27. The molecule has 1 atom stereocenters. The molecule has 3 N–H and O–H groups in total. The SMILES string of the molecule is COc1ccc(Oc2c(C)cc(CC(N)CO)cc2C)cc1C. The average molecular weight is 315 g/mol. The second kappa shape index (κ2) is 7.49. The van der Waals surface area contributed by atoms with Crippen molar-refractivity contribution in [2.24, 2.45) is 5.73 Å². The predicted molar refractivity (Wildman–Crippen MR) is 92.5 cm³/mol. The summed E-state index contributed by atoms with van der Waals surface area (Å²) >= 11 is 0. The van der Waals surface area contributed by atoms with E-state index in [1.165, 1.54) is 0 Å². The van der Waals surface area contributed by atoms with Crippen molar-refractivity contribution in [3.05, 3.63) is 52.6 Å². The molecule has 0 fully saturated rings. The third-order valence-electron chi connectivity index (χ3n) is 3.84. The highest BCUT2D eigenvalue weighted by Crippen LogP contribution is 2.32. The first kappa shape index (κ1) is 17.3. The number of aliphatic hydroxyl groups is 1. The van der Waals surface area contributed by atoms with E-state index < -0.39 is 0 Å². The molecule has 0 amide bonds. The molecule has 0 heterocycles. The summed E-state index contributed by atoms with van der Waals surface area (Å²) < 4.78 is 11.3. The van der Waals surface area contributed by atoms with Crippen molar-refractivity contribution in [2.45, 2.75) is 33.2 Å². The molecule has 0 spiro atoms. The van der Waals surface area contributed by atoms with Crippen molar-refractivity contribution >= 4 is 0 Å². The van der Waals surface area contributed by atoms with Crippen LogP contribution in [0.3, 0.4) is 0 Å². The van der Waals surface area contributed by atoms with E-state index in [-0.39, 0.29) is 12.6 Å². The van der Waals surface area contributed by atoms with Crippen molar-refractivity contribution < 1.29 is 14.6 Å². The highest BCUT2D eigenvalue weighted by molar-refractivity contribution is 5.47. The summed E-state index contributed by atoms with van der Waals surface area (Å²) in [4.78, 5) is 0. The molecule has 0 aromatic heterocycles. The van der Waals surface area contributed by atoms with Crippen LogP contribution in [0.25, 0.3) is 0 Å². The maximum Gasteiger partial charge on any atom is 0.133 e. The standard InChI is InChI=1S/C19H25NO3/c1-12-9-17(5-6-18(12)22-4)23-19-13(2)7-15(8-14(19)3)10-16(20)11-21/h5-9,16,21H,10-11,20H2,1-4H3. The van der Waals surface area contributed by atoms with Crippen LogP contribution in [0.1, 0.15) is 22.3 Å². The number of benzene rings is 2. The summed E-state index contributed by atoms with van der Waals surface area (Å²) in [6, 6.07) is 9.67. The Balaban J connectivity index is 2.25. The van der Waals surface area contributed by atoms with Crippen LogP contribution in [0.15, 0.2) is 30.3 Å². The van der Waals surface area contributed by atoms with Gasteiger partial charge in [0, 0.05) is 6.04 Å². The molecule has 1 unspecified atom stereocenters. The van der Waals surface area contributed by atoms with Crippen molar-refractivity contribution in [3.8, 4) is 17.2 Å². The number of rotatable bonds is 6. The Labute approximate surface area is 137 Å². The number of nitrogens with two attached hydrogens (primary N) is 1. The van der Waals surface area contributed by atoms with E-state index in [2.05, 4.69) is 12.1 Å². The Morgan fingerprint density at radius 3 is 2.22 bits per heavy atom. The van der Waals surface area contributed by atoms with Gasteiger partial charge in [0.1, 0.15) is 17.2 Å². The number of hydrogen-bond donors (Lipinski definition) is 2. The molecule has 0 aliphatic heterocycles. The van der Waals surface area contributed by atoms with E-state index in [0.29, 0.717) is 6.42 Å². The first-order valence-corrected chi connectivity index (χ1v) is 7.73. The van der Waals surface area contributed by atoms with Crippen molar-refractivity contribution in [1.29, 1.82) is 0 Å². The van der Waals surface area contributed by atoms with Gasteiger partial charge in [-0.2, -0.15) is 0 Å². The van der Waals surface area contributed by atoms with Crippen LogP contribution in [-0.2, 0) is 6.42 Å². The Bertz CT molecular complexity index is 659. The van der Waals surface area contributed by atoms with Crippen molar-refractivity contribution in [2.75, 3.05) is 13.7 Å². The third kappa shape index (κ3) is 4.24. The zero-order valence-corrected chi connectivity index (χ0v) is 14.2. The largest absolute Gasteiger partial charge is 0.496 e. The fraction of sp³-hybridized carbons (Fsp3) is 0.368. The summed E-state index contributed by atoms with van der Waals surface area (Å²) in [6.45, 7) is 6.02. The molecular weight excluding hydrogens is 290 g/mol. The van der Waals surface area contributed by atoms with Crippen LogP contribution < -0.4 is 15.2 Å². The zero-order chi connectivity index (χ0) is 17.0. The van der Waals surface area contributed by atoms with E-state index in [1.54, 1.807) is 7.11 Å².